The number of carbonyl (C=O) groups is 1. The van der Waals surface area contributed by atoms with Crippen molar-refractivity contribution in [3.8, 4) is 0 Å². The minimum atomic E-state index is -0.872. The number of rotatable bonds is 5. The molecule has 0 spiro atoms. The number of imidazole rings is 1. The molecule has 0 bridgehead atoms. The summed E-state index contributed by atoms with van der Waals surface area (Å²) < 4.78 is 2.16. The highest BCUT2D eigenvalue weighted by Crippen LogP contribution is 2.41. The summed E-state index contributed by atoms with van der Waals surface area (Å²) >= 11 is 0. The highest BCUT2D eigenvalue weighted by Gasteiger charge is 2.31. The number of aromatic nitrogens is 2. The molecule has 106 valence electrons. The van der Waals surface area contributed by atoms with Crippen LogP contribution in [0.3, 0.4) is 0 Å². The molecule has 1 heterocycles. The lowest BCUT2D eigenvalue weighted by Crippen LogP contribution is -2.11. The number of benzene rings is 1. The van der Waals surface area contributed by atoms with Gasteiger partial charge in [0.2, 0.25) is 0 Å². The van der Waals surface area contributed by atoms with E-state index in [4.69, 9.17) is 4.98 Å². The molecule has 4 nitrogen and oxygen atoms in total. The number of aromatic carboxylic acids is 1. The topological polar surface area (TPSA) is 55.1 Å². The number of hydrogen-bond donors (Lipinski definition) is 1. The molecule has 0 amide bonds. The summed E-state index contributed by atoms with van der Waals surface area (Å²) in [5.41, 5.74) is 1.97. The van der Waals surface area contributed by atoms with Crippen LogP contribution in [0.4, 0.5) is 0 Å². The zero-order valence-electron chi connectivity index (χ0n) is 12.0. The van der Waals surface area contributed by atoms with E-state index in [2.05, 4.69) is 18.4 Å². The summed E-state index contributed by atoms with van der Waals surface area (Å²) in [5, 5.41) is 9.42. The largest absolute Gasteiger partial charge is 0.478 e. The molecular formula is C16H20N2O2. The third kappa shape index (κ3) is 2.19. The number of para-hydroxylation sites is 1. The second-order valence-corrected chi connectivity index (χ2v) is 5.85. The van der Waals surface area contributed by atoms with Crippen molar-refractivity contribution in [1.29, 1.82) is 0 Å². The first-order valence-electron chi connectivity index (χ1n) is 7.34. The minimum absolute atomic E-state index is 0.366. The first-order chi connectivity index (χ1) is 9.61. The number of carboxylic acids is 1. The second kappa shape index (κ2) is 4.93. The predicted molar refractivity (Wildman–Crippen MR) is 78.1 cm³/mol. The monoisotopic (exact) mass is 272 g/mol. The van der Waals surface area contributed by atoms with E-state index in [0.717, 1.165) is 29.8 Å². The van der Waals surface area contributed by atoms with Crippen LogP contribution in [0, 0.1) is 5.92 Å². The van der Waals surface area contributed by atoms with Crippen molar-refractivity contribution in [1.82, 2.24) is 9.55 Å². The van der Waals surface area contributed by atoms with E-state index in [1.54, 1.807) is 12.1 Å². The van der Waals surface area contributed by atoms with Crippen molar-refractivity contribution >= 4 is 17.0 Å². The fourth-order valence-electron chi connectivity index (χ4n) is 2.65. The third-order valence-electron chi connectivity index (χ3n) is 4.16. The standard InChI is InChI=1S/C16H20N2O2/c1-3-10(2)9-18-14-12(16(19)20)5-4-6-13(14)17-15(18)11-7-8-11/h4-6,10-11H,3,7-9H2,1-2H3,(H,19,20). The summed E-state index contributed by atoms with van der Waals surface area (Å²) in [6.07, 6.45) is 3.43. The van der Waals surface area contributed by atoms with Gasteiger partial charge in [-0.15, -0.1) is 0 Å². The SMILES string of the molecule is CCC(C)Cn1c(C2CC2)nc2cccc(C(=O)O)c21. The van der Waals surface area contributed by atoms with Crippen LogP contribution in [-0.2, 0) is 6.54 Å². The summed E-state index contributed by atoms with van der Waals surface area (Å²) in [4.78, 5) is 16.2. The van der Waals surface area contributed by atoms with Crippen molar-refractivity contribution in [2.45, 2.75) is 45.6 Å². The fourth-order valence-corrected chi connectivity index (χ4v) is 2.65. The molecule has 1 atom stereocenters. The average molecular weight is 272 g/mol. The molecule has 2 aromatic rings. The van der Waals surface area contributed by atoms with Gasteiger partial charge in [-0.2, -0.15) is 0 Å². The minimum Gasteiger partial charge on any atom is -0.478 e. The third-order valence-corrected chi connectivity index (χ3v) is 4.16. The van der Waals surface area contributed by atoms with Crippen LogP contribution in [-0.4, -0.2) is 20.6 Å². The van der Waals surface area contributed by atoms with E-state index < -0.39 is 5.97 Å². The molecule has 1 fully saturated rings. The van der Waals surface area contributed by atoms with Crippen LogP contribution in [0.1, 0.15) is 55.2 Å². The Hall–Kier alpha value is -1.84. The van der Waals surface area contributed by atoms with Crippen LogP contribution in [0.2, 0.25) is 0 Å². The Morgan fingerprint density at radius 2 is 2.25 bits per heavy atom. The smallest absolute Gasteiger partial charge is 0.337 e. The first kappa shape index (κ1) is 13.2. The van der Waals surface area contributed by atoms with Crippen molar-refractivity contribution in [3.63, 3.8) is 0 Å². The number of fused-ring (bicyclic) bond motifs is 1. The molecule has 4 heteroatoms. The highest BCUT2D eigenvalue weighted by atomic mass is 16.4. The Morgan fingerprint density at radius 1 is 1.50 bits per heavy atom. The van der Waals surface area contributed by atoms with Crippen LogP contribution >= 0.6 is 0 Å². The lowest BCUT2D eigenvalue weighted by Gasteiger charge is -2.14. The van der Waals surface area contributed by atoms with Crippen LogP contribution in [0.25, 0.3) is 11.0 Å². The number of nitrogens with zero attached hydrogens (tertiary/aromatic N) is 2. The molecule has 1 aromatic heterocycles. The van der Waals surface area contributed by atoms with Gasteiger partial charge >= 0.3 is 5.97 Å². The van der Waals surface area contributed by atoms with Gasteiger partial charge in [-0.25, -0.2) is 9.78 Å². The lowest BCUT2D eigenvalue weighted by atomic mass is 10.1. The zero-order chi connectivity index (χ0) is 14.3. The van der Waals surface area contributed by atoms with E-state index >= 15 is 0 Å². The molecule has 1 aliphatic rings. The highest BCUT2D eigenvalue weighted by molar-refractivity contribution is 6.01. The second-order valence-electron chi connectivity index (χ2n) is 5.85. The molecule has 1 N–H and O–H groups in total. The number of hydrogen-bond acceptors (Lipinski definition) is 2. The van der Waals surface area contributed by atoms with Gasteiger partial charge in [-0.05, 0) is 30.9 Å². The maximum absolute atomic E-state index is 11.5. The van der Waals surface area contributed by atoms with Crippen LogP contribution in [0.5, 0.6) is 0 Å². The summed E-state index contributed by atoms with van der Waals surface area (Å²) in [6.45, 7) is 5.22. The maximum atomic E-state index is 11.5. The van der Waals surface area contributed by atoms with Gasteiger partial charge in [-0.3, -0.25) is 0 Å². The Morgan fingerprint density at radius 3 is 2.85 bits per heavy atom. The molecule has 1 aromatic carbocycles. The quantitative estimate of drug-likeness (QED) is 0.903. The Bertz CT molecular complexity index is 656. The first-order valence-corrected chi connectivity index (χ1v) is 7.34. The van der Waals surface area contributed by atoms with E-state index in [-0.39, 0.29) is 0 Å². The van der Waals surface area contributed by atoms with Crippen molar-refractivity contribution in [2.75, 3.05) is 0 Å². The molecule has 0 aliphatic heterocycles. The molecule has 1 aliphatic carbocycles. The van der Waals surface area contributed by atoms with Gasteiger partial charge < -0.3 is 9.67 Å². The van der Waals surface area contributed by atoms with Crippen molar-refractivity contribution < 1.29 is 9.90 Å². The van der Waals surface area contributed by atoms with Gasteiger partial charge in [0.25, 0.3) is 0 Å². The molecule has 20 heavy (non-hydrogen) atoms. The van der Waals surface area contributed by atoms with Gasteiger partial charge in [0, 0.05) is 12.5 Å². The van der Waals surface area contributed by atoms with E-state index in [1.165, 1.54) is 12.8 Å². The maximum Gasteiger partial charge on any atom is 0.337 e. The van der Waals surface area contributed by atoms with Gasteiger partial charge in [0.15, 0.2) is 0 Å². The lowest BCUT2D eigenvalue weighted by molar-refractivity contribution is 0.0698. The molecular weight excluding hydrogens is 252 g/mol. The predicted octanol–water partition coefficient (Wildman–Crippen LogP) is 3.66. The molecule has 3 rings (SSSR count). The Kier molecular flexibility index (Phi) is 3.24. The summed E-state index contributed by atoms with van der Waals surface area (Å²) in [7, 11) is 0. The van der Waals surface area contributed by atoms with Gasteiger partial charge in [-0.1, -0.05) is 26.3 Å². The fraction of sp³-hybridized carbons (Fsp3) is 0.500. The molecule has 0 saturated heterocycles. The van der Waals surface area contributed by atoms with E-state index in [9.17, 15) is 9.90 Å². The van der Waals surface area contributed by atoms with Crippen molar-refractivity contribution in [2.24, 2.45) is 5.92 Å². The van der Waals surface area contributed by atoms with Gasteiger partial charge in [0.1, 0.15) is 5.82 Å². The average Bonchev–Trinajstić information content (AvgIpc) is 3.21. The van der Waals surface area contributed by atoms with Crippen LogP contribution in [0.15, 0.2) is 18.2 Å². The molecule has 0 radical (unpaired) electrons. The van der Waals surface area contributed by atoms with E-state index in [1.807, 2.05) is 6.07 Å². The Labute approximate surface area is 118 Å². The van der Waals surface area contributed by atoms with E-state index in [0.29, 0.717) is 17.4 Å². The normalized spacial score (nSPS) is 16.5. The summed E-state index contributed by atoms with van der Waals surface area (Å²) in [6, 6.07) is 5.37. The zero-order valence-corrected chi connectivity index (χ0v) is 12.0. The summed E-state index contributed by atoms with van der Waals surface area (Å²) in [5.74, 6) is 1.25. The number of carboxylic acid groups (broad SMARTS) is 1. The van der Waals surface area contributed by atoms with Crippen molar-refractivity contribution in [3.05, 3.63) is 29.6 Å². The Balaban J connectivity index is 2.20. The molecule has 1 unspecified atom stereocenters. The molecule has 1 saturated carbocycles. The van der Waals surface area contributed by atoms with Gasteiger partial charge in [0.05, 0.1) is 16.6 Å². The van der Waals surface area contributed by atoms with Crippen LogP contribution < -0.4 is 0 Å².